The molecule has 0 atom stereocenters. The molecule has 0 unspecified atom stereocenters. The van der Waals surface area contributed by atoms with Crippen molar-refractivity contribution in [2.24, 2.45) is 0 Å². The molecule has 0 bridgehead atoms. The molecule has 0 saturated carbocycles. The number of phenols is 1. The lowest BCUT2D eigenvalue weighted by Crippen LogP contribution is -1.95. The lowest BCUT2D eigenvalue weighted by atomic mass is 10.0. The number of carboxylic acids is 1. The van der Waals surface area contributed by atoms with Crippen LogP contribution in [-0.4, -0.2) is 21.2 Å². The lowest BCUT2D eigenvalue weighted by molar-refractivity contribution is -0.137. The summed E-state index contributed by atoms with van der Waals surface area (Å²) in [6.07, 6.45) is 3.40. The van der Waals surface area contributed by atoms with E-state index in [4.69, 9.17) is 10.1 Å². The maximum absolute atomic E-state index is 10.9. The number of aliphatic carboxylic acids is 1. The standard InChI is InChI=1S/C21H21NO3S/c1-13-10-15(11-14(2)20(13)25)12-16(6-5-9-19(23)24)21-22-17-7-3-4-8-18(17)26-21/h3-4,7-8,10-12,25H,5-6,9H2,1-2H3,(H,23,24)/b16-12-. The number of allylic oxidation sites excluding steroid dienone is 1. The Morgan fingerprint density at radius 2 is 1.85 bits per heavy atom. The Morgan fingerprint density at radius 1 is 1.15 bits per heavy atom. The monoisotopic (exact) mass is 367 g/mol. The predicted octanol–water partition coefficient (Wildman–Crippen LogP) is 5.41. The van der Waals surface area contributed by atoms with Crippen LogP contribution in [0.1, 0.15) is 41.0 Å². The summed E-state index contributed by atoms with van der Waals surface area (Å²) in [7, 11) is 0. The number of benzene rings is 2. The number of aryl methyl sites for hydroxylation is 2. The predicted molar refractivity (Wildman–Crippen MR) is 107 cm³/mol. The number of thiazole rings is 1. The van der Waals surface area contributed by atoms with Crippen molar-refractivity contribution < 1.29 is 15.0 Å². The number of rotatable bonds is 6. The maximum atomic E-state index is 10.9. The van der Waals surface area contributed by atoms with E-state index in [1.807, 2.05) is 50.2 Å². The van der Waals surface area contributed by atoms with E-state index in [9.17, 15) is 9.90 Å². The molecule has 0 amide bonds. The van der Waals surface area contributed by atoms with Crippen LogP contribution < -0.4 is 0 Å². The van der Waals surface area contributed by atoms with Gasteiger partial charge in [0.05, 0.1) is 10.2 Å². The van der Waals surface area contributed by atoms with Gasteiger partial charge in [0.1, 0.15) is 10.8 Å². The Kier molecular flexibility index (Phi) is 5.38. The van der Waals surface area contributed by atoms with Crippen molar-refractivity contribution in [2.75, 3.05) is 0 Å². The number of fused-ring (bicyclic) bond motifs is 1. The number of aromatic nitrogens is 1. The highest BCUT2D eigenvalue weighted by Crippen LogP contribution is 2.32. The van der Waals surface area contributed by atoms with Gasteiger partial charge >= 0.3 is 5.97 Å². The minimum atomic E-state index is -0.787. The largest absolute Gasteiger partial charge is 0.507 e. The molecule has 3 aromatic rings. The van der Waals surface area contributed by atoms with Gasteiger partial charge in [-0.25, -0.2) is 4.98 Å². The summed E-state index contributed by atoms with van der Waals surface area (Å²) >= 11 is 1.62. The number of para-hydroxylation sites is 1. The van der Waals surface area contributed by atoms with Crippen LogP contribution in [0.5, 0.6) is 5.75 Å². The normalized spacial score (nSPS) is 11.8. The lowest BCUT2D eigenvalue weighted by Gasteiger charge is -2.08. The highest BCUT2D eigenvalue weighted by Gasteiger charge is 2.11. The van der Waals surface area contributed by atoms with Crippen LogP contribution in [0.3, 0.4) is 0 Å². The highest BCUT2D eigenvalue weighted by atomic mass is 32.1. The number of hydrogen-bond donors (Lipinski definition) is 2. The van der Waals surface area contributed by atoms with Crippen molar-refractivity contribution in [3.8, 4) is 5.75 Å². The molecule has 1 heterocycles. The summed E-state index contributed by atoms with van der Waals surface area (Å²) in [5.74, 6) is -0.473. The van der Waals surface area contributed by atoms with Crippen LogP contribution in [0.2, 0.25) is 0 Å². The molecule has 2 N–H and O–H groups in total. The van der Waals surface area contributed by atoms with Crippen molar-refractivity contribution >= 4 is 39.2 Å². The molecule has 0 aliphatic rings. The molecular formula is C21H21NO3S. The Labute approximate surface area is 156 Å². The first-order valence-corrected chi connectivity index (χ1v) is 9.34. The van der Waals surface area contributed by atoms with Crippen molar-refractivity contribution in [1.29, 1.82) is 0 Å². The van der Waals surface area contributed by atoms with Gasteiger partial charge in [-0.15, -0.1) is 11.3 Å². The molecule has 2 aromatic carbocycles. The second-order valence-electron chi connectivity index (χ2n) is 6.41. The topological polar surface area (TPSA) is 70.4 Å². The van der Waals surface area contributed by atoms with E-state index < -0.39 is 5.97 Å². The van der Waals surface area contributed by atoms with E-state index in [0.29, 0.717) is 18.6 Å². The fourth-order valence-electron chi connectivity index (χ4n) is 2.95. The van der Waals surface area contributed by atoms with Crippen LogP contribution in [0.25, 0.3) is 21.9 Å². The average Bonchev–Trinajstić information content (AvgIpc) is 3.02. The number of nitrogens with zero attached hydrogens (tertiary/aromatic N) is 1. The minimum absolute atomic E-state index is 0.135. The Balaban J connectivity index is 2.00. The van der Waals surface area contributed by atoms with Crippen molar-refractivity contribution in [3.63, 3.8) is 0 Å². The number of phenolic OH excluding ortho intramolecular Hbond substituents is 1. The third kappa shape index (κ3) is 4.11. The zero-order chi connectivity index (χ0) is 18.7. The Hall–Kier alpha value is -2.66. The summed E-state index contributed by atoms with van der Waals surface area (Å²) < 4.78 is 1.12. The van der Waals surface area contributed by atoms with Crippen molar-refractivity contribution in [3.05, 3.63) is 58.1 Å². The van der Waals surface area contributed by atoms with E-state index in [-0.39, 0.29) is 6.42 Å². The van der Waals surface area contributed by atoms with E-state index >= 15 is 0 Å². The number of aromatic hydroxyl groups is 1. The summed E-state index contributed by atoms with van der Waals surface area (Å²) in [6.45, 7) is 3.75. The number of carboxylic acid groups (broad SMARTS) is 1. The molecule has 26 heavy (non-hydrogen) atoms. The zero-order valence-corrected chi connectivity index (χ0v) is 15.6. The highest BCUT2D eigenvalue weighted by molar-refractivity contribution is 7.19. The van der Waals surface area contributed by atoms with Crippen molar-refractivity contribution in [1.82, 2.24) is 4.98 Å². The van der Waals surface area contributed by atoms with Crippen LogP contribution in [0.4, 0.5) is 0 Å². The Morgan fingerprint density at radius 3 is 2.50 bits per heavy atom. The number of carbonyl (C=O) groups is 1. The second-order valence-corrected chi connectivity index (χ2v) is 7.44. The maximum Gasteiger partial charge on any atom is 0.303 e. The van der Waals surface area contributed by atoms with Gasteiger partial charge in [-0.2, -0.15) is 0 Å². The van der Waals surface area contributed by atoms with Gasteiger partial charge in [-0.05, 0) is 79.3 Å². The van der Waals surface area contributed by atoms with Crippen LogP contribution in [-0.2, 0) is 4.79 Å². The van der Waals surface area contributed by atoms with Gasteiger partial charge in [0.2, 0.25) is 0 Å². The Bertz CT molecular complexity index is 932. The van der Waals surface area contributed by atoms with Gasteiger partial charge in [0.15, 0.2) is 0 Å². The third-order valence-electron chi connectivity index (χ3n) is 4.26. The number of hydrogen-bond acceptors (Lipinski definition) is 4. The first-order valence-electron chi connectivity index (χ1n) is 8.52. The van der Waals surface area contributed by atoms with Gasteiger partial charge in [-0.1, -0.05) is 12.1 Å². The molecule has 3 rings (SSSR count). The molecule has 5 heteroatoms. The molecule has 0 saturated heterocycles. The van der Waals surface area contributed by atoms with Gasteiger partial charge in [0.25, 0.3) is 0 Å². The SMILES string of the molecule is Cc1cc(/C=C(/CCCC(=O)O)c2nc3ccccc3s2)cc(C)c1O. The van der Waals surface area contributed by atoms with Crippen molar-refractivity contribution in [2.45, 2.75) is 33.1 Å². The fourth-order valence-corrected chi connectivity index (χ4v) is 3.96. The summed E-state index contributed by atoms with van der Waals surface area (Å²) in [5, 5.41) is 19.8. The zero-order valence-electron chi connectivity index (χ0n) is 14.8. The molecule has 0 aliphatic carbocycles. The molecule has 4 nitrogen and oxygen atoms in total. The smallest absolute Gasteiger partial charge is 0.303 e. The van der Waals surface area contributed by atoms with E-state index in [1.54, 1.807) is 11.3 Å². The molecule has 0 fully saturated rings. The van der Waals surface area contributed by atoms with E-state index in [1.165, 1.54) is 0 Å². The van der Waals surface area contributed by atoms with Gasteiger partial charge < -0.3 is 10.2 Å². The second kappa shape index (κ2) is 7.70. The van der Waals surface area contributed by atoms with Gasteiger partial charge in [0, 0.05) is 6.42 Å². The molecule has 0 spiro atoms. The van der Waals surface area contributed by atoms with Crippen LogP contribution in [0.15, 0.2) is 36.4 Å². The molecule has 1 aromatic heterocycles. The summed E-state index contributed by atoms with van der Waals surface area (Å²) in [5.41, 5.74) is 4.62. The molecule has 134 valence electrons. The average molecular weight is 367 g/mol. The third-order valence-corrected chi connectivity index (χ3v) is 5.37. The first kappa shape index (κ1) is 18.1. The minimum Gasteiger partial charge on any atom is -0.507 e. The van der Waals surface area contributed by atoms with Gasteiger partial charge in [-0.3, -0.25) is 4.79 Å². The quantitative estimate of drug-likeness (QED) is 0.611. The van der Waals surface area contributed by atoms with Crippen LogP contribution >= 0.6 is 11.3 Å². The molecule has 0 radical (unpaired) electrons. The molecular weight excluding hydrogens is 346 g/mol. The molecule has 0 aliphatic heterocycles. The summed E-state index contributed by atoms with van der Waals surface area (Å²) in [6, 6.07) is 11.9. The van der Waals surface area contributed by atoms with Crippen LogP contribution in [0, 0.1) is 13.8 Å². The fraction of sp³-hybridized carbons (Fsp3) is 0.238. The van der Waals surface area contributed by atoms with E-state index in [2.05, 4.69) is 6.08 Å². The summed E-state index contributed by atoms with van der Waals surface area (Å²) in [4.78, 5) is 15.6. The first-order chi connectivity index (χ1) is 12.4. The van der Waals surface area contributed by atoms with E-state index in [0.717, 1.165) is 37.5 Å².